The lowest BCUT2D eigenvalue weighted by atomic mass is 10.1. The Morgan fingerprint density at radius 1 is 0.818 bits per heavy atom. The van der Waals surface area contributed by atoms with Gasteiger partial charge in [0.2, 0.25) is 0 Å². The van der Waals surface area contributed by atoms with Crippen molar-refractivity contribution in [3.05, 3.63) is 73.2 Å². The smallest absolute Gasteiger partial charge is 0.352 e. The lowest BCUT2D eigenvalue weighted by Crippen LogP contribution is -2.29. The number of methoxy groups -OCH3 is 1. The summed E-state index contributed by atoms with van der Waals surface area (Å²) in [4.78, 5) is 28.2. The molecule has 0 bridgehead atoms. The third-order valence-electron chi connectivity index (χ3n) is 7.68. The van der Waals surface area contributed by atoms with Crippen molar-refractivity contribution in [2.45, 2.75) is 33.0 Å². The number of aryl methyl sites for hydroxylation is 1. The number of terminal acetylenes is 2. The highest BCUT2D eigenvalue weighted by atomic mass is 32.1. The second-order valence-electron chi connectivity index (χ2n) is 11.6. The minimum absolute atomic E-state index is 0. The van der Waals surface area contributed by atoms with Crippen molar-refractivity contribution in [2.75, 3.05) is 13.7 Å². The second-order valence-corrected chi connectivity index (χ2v) is 14.3. The number of nitrogens with zero attached hydrogens (tertiary/aromatic N) is 12. The Bertz CT molecular complexity index is 3320. The maximum atomic E-state index is 13.3. The summed E-state index contributed by atoms with van der Waals surface area (Å²) in [6.07, 6.45) is 14.2. The van der Waals surface area contributed by atoms with E-state index in [0.717, 1.165) is 52.6 Å². The Balaban J connectivity index is -0.000000251. The van der Waals surface area contributed by atoms with E-state index in [2.05, 4.69) is 199 Å². The summed E-state index contributed by atoms with van der Waals surface area (Å²) in [6, 6.07) is 7.83. The molecule has 21 heteroatoms. The summed E-state index contributed by atoms with van der Waals surface area (Å²) >= 11 is 10.0. The molecule has 0 unspecified atom stereocenters. The summed E-state index contributed by atoms with van der Waals surface area (Å²) in [6.45, 7) is 5.24. The standard InChI is InChI=1S/C23H22N6O2S2.C22H2.H3N7O2S2.9H2/c1-14-24-9-17(32-14)11-27-8-7-18-19(12-27)33-22-20(18)21-25-13-26-29(21)23(30)28(22)10-15-3-5-16(31-2)6-4-15;1-3-5-7-9-11-13-15-17-19-21-22-20-18-16-14-12-10-8-6-4-2;1-2-3-4-5-6-7(8-10)9-11;;;;;;;;;/h3-6,9,13H,7-8,10-12H2,1-2H3;1-2H;1,10-11H;9*1H/b;;2-1?,4-3+,6-5+;;;;;;;;;. The van der Waals surface area contributed by atoms with Gasteiger partial charge in [-0.1, -0.05) is 12.1 Å². The normalized spacial score (nSPS) is 10.2. The van der Waals surface area contributed by atoms with E-state index >= 15 is 0 Å². The molecule has 0 atom stereocenters. The van der Waals surface area contributed by atoms with Crippen molar-refractivity contribution in [1.29, 1.82) is 5.53 Å². The molecule has 1 aliphatic heterocycles. The van der Waals surface area contributed by atoms with Crippen LogP contribution in [0, 0.1) is 144 Å². The monoisotopic (exact) mass is 959 g/mol. The van der Waals surface area contributed by atoms with Gasteiger partial charge >= 0.3 is 5.69 Å². The van der Waals surface area contributed by atoms with Gasteiger partial charge in [0.15, 0.2) is 5.65 Å². The number of fused-ring (bicyclic) bond motifs is 5. The van der Waals surface area contributed by atoms with Crippen molar-refractivity contribution >= 4 is 64.4 Å². The van der Waals surface area contributed by atoms with Crippen LogP contribution in [0.1, 0.15) is 38.7 Å². The van der Waals surface area contributed by atoms with E-state index in [1.54, 1.807) is 29.8 Å². The molecule has 4 aromatic heterocycles. The summed E-state index contributed by atoms with van der Waals surface area (Å²) in [5.74, 6) is 49.0. The molecular weight excluding hydrogens is 915 g/mol. The minimum atomic E-state index is -0.165. The van der Waals surface area contributed by atoms with Crippen LogP contribution in [0.15, 0.2) is 67.7 Å². The number of hydrogen-bond acceptors (Lipinski definition) is 14. The molecule has 0 aliphatic carbocycles. The second kappa shape index (κ2) is 28.8. The van der Waals surface area contributed by atoms with Gasteiger partial charge in [0.05, 0.1) is 24.0 Å². The van der Waals surface area contributed by atoms with E-state index in [9.17, 15) is 4.79 Å². The van der Waals surface area contributed by atoms with Crippen LogP contribution in [-0.4, -0.2) is 48.0 Å². The molecule has 0 saturated carbocycles. The minimum Gasteiger partial charge on any atom is -0.497 e. The van der Waals surface area contributed by atoms with Gasteiger partial charge in [0.1, 0.15) is 16.9 Å². The van der Waals surface area contributed by atoms with Crippen LogP contribution in [-0.2, 0) is 34.6 Å². The van der Waals surface area contributed by atoms with Crippen molar-refractivity contribution in [1.82, 2.24) is 34.4 Å². The summed E-state index contributed by atoms with van der Waals surface area (Å²) < 4.78 is 16.7. The zero-order valence-corrected chi connectivity index (χ0v) is 37.8. The van der Waals surface area contributed by atoms with Crippen LogP contribution in [0.25, 0.3) is 15.9 Å². The topological polar surface area (TPSA) is 185 Å². The average molecular weight is 960 g/mol. The molecule has 5 heterocycles. The van der Waals surface area contributed by atoms with Crippen molar-refractivity contribution in [3.8, 4) is 137 Å². The van der Waals surface area contributed by atoms with E-state index in [-0.39, 0.29) is 18.5 Å². The fourth-order valence-corrected chi connectivity index (χ4v) is 7.61. The predicted molar refractivity (Wildman–Crippen MR) is 273 cm³/mol. The fourth-order valence-electron chi connectivity index (χ4n) is 5.21. The number of thiol groups is 2. The molecule has 338 valence electrons. The number of thiophene rings is 1. The number of ether oxygens (including phenoxy) is 1. The van der Waals surface area contributed by atoms with Gasteiger partial charge in [-0.15, -0.1) is 35.5 Å². The van der Waals surface area contributed by atoms with Crippen molar-refractivity contribution < 1.29 is 26.1 Å². The van der Waals surface area contributed by atoms with Gasteiger partial charge < -0.3 is 4.74 Å². The molecule has 5 aromatic rings. The van der Waals surface area contributed by atoms with E-state index in [0.29, 0.717) is 17.5 Å². The maximum absolute atomic E-state index is 13.3. The van der Waals surface area contributed by atoms with Crippen LogP contribution in [0.2, 0.25) is 0 Å². The van der Waals surface area contributed by atoms with Crippen molar-refractivity contribution in [3.63, 3.8) is 0 Å². The number of thiazole rings is 1. The number of hydrogen-bond donors (Lipinski definition) is 3. The number of benzene rings is 1. The molecule has 0 saturated heterocycles. The van der Waals surface area contributed by atoms with Crippen LogP contribution in [0.4, 0.5) is 0 Å². The van der Waals surface area contributed by atoms with Gasteiger partial charge in [-0.25, -0.2) is 14.8 Å². The highest BCUT2D eigenvalue weighted by Gasteiger charge is 2.26. The molecule has 1 aromatic carbocycles. The van der Waals surface area contributed by atoms with E-state index in [4.69, 9.17) is 23.1 Å². The molecule has 0 spiro atoms. The molecule has 17 nitrogen and oxygen atoms in total. The van der Waals surface area contributed by atoms with Crippen LogP contribution < -0.4 is 10.4 Å². The van der Waals surface area contributed by atoms with Gasteiger partial charge in [-0.3, -0.25) is 9.47 Å². The van der Waals surface area contributed by atoms with E-state index in [1.165, 1.54) is 26.2 Å². The molecular formula is C45H45N13O4S4. The molecule has 0 fully saturated rings. The van der Waals surface area contributed by atoms with E-state index < -0.39 is 0 Å². The lowest BCUT2D eigenvalue weighted by Gasteiger charge is -2.26. The zero-order chi connectivity index (χ0) is 47.2. The summed E-state index contributed by atoms with van der Waals surface area (Å²) in [5.41, 5.74) is 8.96. The van der Waals surface area contributed by atoms with Crippen LogP contribution in [0.3, 0.4) is 0 Å². The largest absolute Gasteiger partial charge is 0.497 e. The Kier molecular flexibility index (Phi) is 21.8. The molecule has 6 rings (SSSR count). The third kappa shape index (κ3) is 16.2. The Morgan fingerprint density at radius 2 is 1.39 bits per heavy atom. The molecule has 1 aliphatic rings. The predicted octanol–water partition coefficient (Wildman–Crippen LogP) is 7.50. The quantitative estimate of drug-likeness (QED) is 0.0419. The number of aromatic nitrogens is 5. The van der Waals surface area contributed by atoms with Crippen molar-refractivity contribution in [2.24, 2.45) is 26.1 Å². The first-order valence-corrected chi connectivity index (χ1v) is 20.4. The first-order chi connectivity index (χ1) is 32.4. The van der Waals surface area contributed by atoms with E-state index in [1.807, 2.05) is 42.0 Å². The third-order valence-corrected chi connectivity index (χ3v) is 10.1. The lowest BCUT2D eigenvalue weighted by molar-refractivity contribution is -0.239. The van der Waals surface area contributed by atoms with Gasteiger partial charge in [-0.2, -0.15) is 23.7 Å². The molecule has 1 N–H and O–H groups in total. The Labute approximate surface area is 411 Å². The van der Waals surface area contributed by atoms with Gasteiger partial charge in [0, 0.05) is 114 Å². The van der Waals surface area contributed by atoms with Crippen LogP contribution in [0.5, 0.6) is 5.75 Å². The summed E-state index contributed by atoms with van der Waals surface area (Å²) in [7, 11) is 1.65. The van der Waals surface area contributed by atoms with Gasteiger partial charge in [-0.05, 0) is 147 Å². The number of nitrogens with one attached hydrogen (secondary N) is 1. The zero-order valence-electron chi connectivity index (χ0n) is 34.4. The SMILES string of the molecule is C#CC#CC#CC#CC#CC#CC#CC#CC#CC#CC#C.COc1ccc(Cn2c(=O)n3ncnc3c3c4c(sc32)CN(Cc2cnc(C)s2)CC4)cc1.N=N/N=N/N=N/N(OS)OS.[HH].[HH].[HH].[HH].[HH].[HH].[HH].[HH].[HH]. The maximum Gasteiger partial charge on any atom is 0.352 e. The molecule has 0 amide bonds. The number of rotatable bonds is 10. The first-order valence-electron chi connectivity index (χ1n) is 18.0. The average Bonchev–Trinajstić information content (AvgIpc) is 4.09. The van der Waals surface area contributed by atoms with Gasteiger partial charge in [0.25, 0.3) is 0 Å². The fraction of sp³-hybridized carbons (Fsp3) is 0.156. The molecule has 66 heavy (non-hydrogen) atoms. The Hall–Kier alpha value is -8.70. The first kappa shape index (κ1) is 50.0. The Morgan fingerprint density at radius 3 is 1.89 bits per heavy atom. The highest BCUT2D eigenvalue weighted by molar-refractivity contribution is 7.75. The molecule has 0 radical (unpaired) electrons. The summed E-state index contributed by atoms with van der Waals surface area (Å²) in [5, 5.41) is 21.0. The van der Waals surface area contributed by atoms with Crippen LogP contribution >= 0.6 is 48.5 Å². The highest BCUT2D eigenvalue weighted by Crippen LogP contribution is 2.37.